The summed E-state index contributed by atoms with van der Waals surface area (Å²) in [5, 5.41) is 6.91. The van der Waals surface area contributed by atoms with Crippen molar-refractivity contribution in [1.29, 1.82) is 0 Å². The Kier molecular flexibility index (Phi) is 8.46. The Morgan fingerprint density at radius 2 is 0.903 bits per heavy atom. The SMILES string of the molecule is c1ccc(-c2cccc(-n3c4ccccc4c4c(N(c5ccccc5)c5ccccc5)cc(N(c5ccccc5)c5ccc6c(c5)oc5cc7ccccc7cc56)cc43)c2)cc1. The van der Waals surface area contributed by atoms with E-state index in [1.165, 1.54) is 21.9 Å². The normalized spacial score (nSPS) is 11.5. The molecule has 0 fully saturated rings. The summed E-state index contributed by atoms with van der Waals surface area (Å²) in [6, 6.07) is 84.7. The van der Waals surface area contributed by atoms with E-state index in [2.05, 4.69) is 251 Å². The Labute approximate surface area is 359 Å². The van der Waals surface area contributed by atoms with Crippen LogP contribution in [0.3, 0.4) is 0 Å². The first-order chi connectivity index (χ1) is 30.7. The Morgan fingerprint density at radius 3 is 1.61 bits per heavy atom. The summed E-state index contributed by atoms with van der Waals surface area (Å²) >= 11 is 0. The number of fused-ring (bicyclic) bond motifs is 7. The fraction of sp³-hybridized carbons (Fsp3) is 0. The van der Waals surface area contributed by atoms with Crippen molar-refractivity contribution in [3.8, 4) is 16.8 Å². The lowest BCUT2D eigenvalue weighted by Crippen LogP contribution is -2.14. The first kappa shape index (κ1) is 35.6. The van der Waals surface area contributed by atoms with E-state index in [1.54, 1.807) is 0 Å². The van der Waals surface area contributed by atoms with Gasteiger partial charge in [-0.2, -0.15) is 0 Å². The van der Waals surface area contributed by atoms with E-state index in [4.69, 9.17) is 4.42 Å². The third-order valence-electron chi connectivity index (χ3n) is 12.1. The van der Waals surface area contributed by atoms with Gasteiger partial charge in [0.2, 0.25) is 0 Å². The van der Waals surface area contributed by atoms with E-state index in [-0.39, 0.29) is 0 Å². The minimum absolute atomic E-state index is 0.845. The third-order valence-corrected chi connectivity index (χ3v) is 12.1. The Balaban J connectivity index is 1.17. The number of furan rings is 1. The molecule has 0 unspecified atom stereocenters. The van der Waals surface area contributed by atoms with Crippen molar-refractivity contribution in [2.24, 2.45) is 0 Å². The molecule has 4 nitrogen and oxygen atoms in total. The molecule has 0 aliphatic heterocycles. The van der Waals surface area contributed by atoms with E-state index in [9.17, 15) is 0 Å². The molecule has 0 N–H and O–H groups in total. The van der Waals surface area contributed by atoms with Crippen LogP contribution in [0.1, 0.15) is 0 Å². The number of benzene rings is 10. The van der Waals surface area contributed by atoms with Crippen LogP contribution in [0.2, 0.25) is 0 Å². The van der Waals surface area contributed by atoms with Gasteiger partial charge in [-0.05, 0) is 113 Å². The third kappa shape index (κ3) is 6.00. The fourth-order valence-electron chi connectivity index (χ4n) is 9.29. The minimum Gasteiger partial charge on any atom is -0.456 e. The summed E-state index contributed by atoms with van der Waals surface area (Å²) in [4.78, 5) is 4.77. The zero-order chi connectivity index (χ0) is 41.0. The average Bonchev–Trinajstić information content (AvgIpc) is 3.87. The highest BCUT2D eigenvalue weighted by molar-refractivity contribution is 6.18. The van der Waals surface area contributed by atoms with Gasteiger partial charge in [-0.25, -0.2) is 0 Å². The zero-order valence-electron chi connectivity index (χ0n) is 33.8. The van der Waals surface area contributed by atoms with Crippen LogP contribution >= 0.6 is 0 Å². The van der Waals surface area contributed by atoms with E-state index in [0.29, 0.717) is 0 Å². The molecule has 62 heavy (non-hydrogen) atoms. The molecule has 2 heterocycles. The van der Waals surface area contributed by atoms with Crippen molar-refractivity contribution >= 4 is 88.6 Å². The van der Waals surface area contributed by atoms with Gasteiger partial charge in [0.05, 0.1) is 22.4 Å². The lowest BCUT2D eigenvalue weighted by Gasteiger charge is -2.30. The second-order valence-corrected chi connectivity index (χ2v) is 15.8. The van der Waals surface area contributed by atoms with Crippen molar-refractivity contribution in [2.45, 2.75) is 0 Å². The Hall–Kier alpha value is -8.34. The second-order valence-electron chi connectivity index (χ2n) is 15.8. The van der Waals surface area contributed by atoms with Crippen LogP contribution in [-0.4, -0.2) is 4.57 Å². The first-order valence-corrected chi connectivity index (χ1v) is 21.1. The van der Waals surface area contributed by atoms with Crippen LogP contribution in [0.25, 0.3) is 71.3 Å². The molecule has 0 spiro atoms. The summed E-state index contributed by atoms with van der Waals surface area (Å²) in [5.41, 5.74) is 13.7. The highest BCUT2D eigenvalue weighted by atomic mass is 16.3. The molecule has 12 rings (SSSR count). The van der Waals surface area contributed by atoms with E-state index in [0.717, 1.165) is 83.6 Å². The number of aromatic nitrogens is 1. The van der Waals surface area contributed by atoms with Crippen molar-refractivity contribution in [2.75, 3.05) is 9.80 Å². The smallest absolute Gasteiger partial charge is 0.137 e. The summed E-state index contributed by atoms with van der Waals surface area (Å²) in [5.74, 6) is 0. The van der Waals surface area contributed by atoms with Crippen LogP contribution in [0.5, 0.6) is 0 Å². The van der Waals surface area contributed by atoms with E-state index < -0.39 is 0 Å². The molecule has 0 saturated heterocycles. The molecule has 0 saturated carbocycles. The van der Waals surface area contributed by atoms with Gasteiger partial charge in [0.15, 0.2) is 0 Å². The van der Waals surface area contributed by atoms with Gasteiger partial charge in [-0.1, -0.05) is 140 Å². The monoisotopic (exact) mass is 793 g/mol. The molecule has 12 aromatic rings. The van der Waals surface area contributed by atoms with Crippen molar-refractivity contribution in [1.82, 2.24) is 4.57 Å². The molecule has 0 radical (unpaired) electrons. The molecule has 0 aliphatic carbocycles. The van der Waals surface area contributed by atoms with Crippen molar-refractivity contribution in [3.63, 3.8) is 0 Å². The average molecular weight is 794 g/mol. The van der Waals surface area contributed by atoms with Crippen LogP contribution in [-0.2, 0) is 0 Å². The summed E-state index contributed by atoms with van der Waals surface area (Å²) in [7, 11) is 0. The molecular formula is C58H39N3O. The predicted molar refractivity (Wildman–Crippen MR) is 260 cm³/mol. The van der Waals surface area contributed by atoms with Crippen LogP contribution in [0.15, 0.2) is 241 Å². The summed E-state index contributed by atoms with van der Waals surface area (Å²) in [6.07, 6.45) is 0. The molecule has 0 aliphatic rings. The molecule has 2 aromatic heterocycles. The number of anilines is 6. The lowest BCUT2D eigenvalue weighted by atomic mass is 10.0. The molecule has 292 valence electrons. The topological polar surface area (TPSA) is 24.6 Å². The molecule has 0 atom stereocenters. The fourth-order valence-corrected chi connectivity index (χ4v) is 9.29. The number of para-hydroxylation sites is 4. The number of hydrogen-bond donors (Lipinski definition) is 0. The van der Waals surface area contributed by atoms with Crippen molar-refractivity contribution in [3.05, 3.63) is 237 Å². The standard InChI is InChI=1S/C58H39N3O/c1-5-18-40(19-6-1)41-22-17-29-47(34-41)61-53-31-16-15-30-51(53)58-54(60(45-25-9-3-10-26-45)46-27-11-4-12-28-46)37-49(38-55(58)61)59(44-23-7-2-8-24-44)48-32-33-50-52-35-42-20-13-14-21-43(42)36-56(52)62-57(50)39-48/h1-39H. The number of hydrogen-bond acceptors (Lipinski definition) is 3. The van der Waals surface area contributed by atoms with Crippen LogP contribution in [0, 0.1) is 0 Å². The van der Waals surface area contributed by atoms with E-state index in [1.807, 2.05) is 0 Å². The predicted octanol–water partition coefficient (Wildman–Crippen LogP) is 16.4. The molecular weight excluding hydrogens is 755 g/mol. The van der Waals surface area contributed by atoms with Gasteiger partial charge in [0.1, 0.15) is 11.2 Å². The zero-order valence-corrected chi connectivity index (χ0v) is 33.8. The second kappa shape index (κ2) is 14.7. The maximum Gasteiger partial charge on any atom is 0.137 e. The minimum atomic E-state index is 0.845. The largest absolute Gasteiger partial charge is 0.456 e. The van der Waals surface area contributed by atoms with Gasteiger partial charge >= 0.3 is 0 Å². The maximum absolute atomic E-state index is 6.70. The van der Waals surface area contributed by atoms with Gasteiger partial charge in [-0.3, -0.25) is 0 Å². The summed E-state index contributed by atoms with van der Waals surface area (Å²) in [6.45, 7) is 0. The number of rotatable bonds is 8. The Morgan fingerprint density at radius 1 is 0.323 bits per heavy atom. The Bertz CT molecular complexity index is 3540. The quantitative estimate of drug-likeness (QED) is 0.153. The van der Waals surface area contributed by atoms with Gasteiger partial charge < -0.3 is 18.8 Å². The lowest BCUT2D eigenvalue weighted by molar-refractivity contribution is 0.669. The van der Waals surface area contributed by atoms with E-state index >= 15 is 0 Å². The summed E-state index contributed by atoms with van der Waals surface area (Å²) < 4.78 is 9.14. The highest BCUT2D eigenvalue weighted by Crippen LogP contribution is 2.49. The van der Waals surface area contributed by atoms with Crippen LogP contribution < -0.4 is 9.80 Å². The molecule has 10 aromatic carbocycles. The first-order valence-electron chi connectivity index (χ1n) is 21.1. The number of nitrogens with zero attached hydrogens (tertiary/aromatic N) is 3. The van der Waals surface area contributed by atoms with Gasteiger partial charge in [-0.15, -0.1) is 0 Å². The van der Waals surface area contributed by atoms with Crippen LogP contribution in [0.4, 0.5) is 34.1 Å². The van der Waals surface area contributed by atoms with Crippen molar-refractivity contribution < 1.29 is 4.42 Å². The van der Waals surface area contributed by atoms with Gasteiger partial charge in [0, 0.05) is 56.0 Å². The molecule has 0 bridgehead atoms. The van der Waals surface area contributed by atoms with Gasteiger partial charge in [0.25, 0.3) is 0 Å². The maximum atomic E-state index is 6.70. The molecule has 4 heteroatoms. The highest BCUT2D eigenvalue weighted by Gasteiger charge is 2.25. The molecule has 0 amide bonds.